The van der Waals surface area contributed by atoms with E-state index in [0.29, 0.717) is 5.69 Å². The lowest BCUT2D eigenvalue weighted by molar-refractivity contribution is -0.274. The molecule has 1 N–H and O–H groups in total. The van der Waals surface area contributed by atoms with E-state index in [0.717, 1.165) is 34.7 Å². The molecule has 0 spiro atoms. The van der Waals surface area contributed by atoms with Gasteiger partial charge in [-0.15, -0.1) is 13.2 Å². The Bertz CT molecular complexity index is 911. The molecule has 2 aromatic rings. The minimum atomic E-state index is -4.81. The normalized spacial score (nSPS) is 11.8. The zero-order chi connectivity index (χ0) is 20.9. The molecule has 2 rings (SSSR count). The van der Waals surface area contributed by atoms with Gasteiger partial charge in [-0.3, -0.25) is 9.10 Å². The molecular formula is C18H19F3N2O4S. The summed E-state index contributed by atoms with van der Waals surface area (Å²) in [7, 11) is -3.72. The van der Waals surface area contributed by atoms with Crippen LogP contribution in [0.3, 0.4) is 0 Å². The van der Waals surface area contributed by atoms with Crippen LogP contribution in [0.5, 0.6) is 5.75 Å². The van der Waals surface area contributed by atoms with Gasteiger partial charge in [-0.05, 0) is 48.4 Å². The molecule has 0 saturated heterocycles. The van der Waals surface area contributed by atoms with E-state index in [-0.39, 0.29) is 5.69 Å². The fourth-order valence-electron chi connectivity index (χ4n) is 2.37. The Labute approximate surface area is 161 Å². The van der Waals surface area contributed by atoms with E-state index in [9.17, 15) is 26.4 Å². The predicted molar refractivity (Wildman–Crippen MR) is 99.8 cm³/mol. The Morgan fingerprint density at radius 3 is 2.11 bits per heavy atom. The second-order valence-corrected chi connectivity index (χ2v) is 7.82. The second-order valence-electron chi connectivity index (χ2n) is 5.91. The van der Waals surface area contributed by atoms with Crippen molar-refractivity contribution >= 4 is 27.3 Å². The molecule has 0 saturated carbocycles. The lowest BCUT2D eigenvalue weighted by Crippen LogP contribution is -2.37. The van der Waals surface area contributed by atoms with Crippen LogP contribution in [0.4, 0.5) is 24.5 Å². The van der Waals surface area contributed by atoms with Crippen LogP contribution in [0.1, 0.15) is 12.5 Å². The summed E-state index contributed by atoms with van der Waals surface area (Å²) < 4.78 is 65.3. The summed E-state index contributed by atoms with van der Waals surface area (Å²) in [5.41, 5.74) is 1.56. The lowest BCUT2D eigenvalue weighted by atomic mass is 10.1. The van der Waals surface area contributed by atoms with E-state index < -0.39 is 34.6 Å². The Morgan fingerprint density at radius 2 is 1.64 bits per heavy atom. The van der Waals surface area contributed by atoms with Gasteiger partial charge in [-0.2, -0.15) is 0 Å². The van der Waals surface area contributed by atoms with Gasteiger partial charge < -0.3 is 10.1 Å². The lowest BCUT2D eigenvalue weighted by Gasteiger charge is -2.22. The number of hydrogen-bond acceptors (Lipinski definition) is 4. The number of nitrogens with zero attached hydrogens (tertiary/aromatic N) is 1. The number of ether oxygens (including phenoxy) is 1. The van der Waals surface area contributed by atoms with Crippen molar-refractivity contribution in [2.24, 2.45) is 0 Å². The fraction of sp³-hybridized carbons (Fsp3) is 0.278. The van der Waals surface area contributed by atoms with E-state index in [2.05, 4.69) is 10.1 Å². The minimum Gasteiger partial charge on any atom is -0.406 e. The number of anilines is 2. The van der Waals surface area contributed by atoms with E-state index in [4.69, 9.17) is 0 Å². The van der Waals surface area contributed by atoms with Crippen LogP contribution in [0.25, 0.3) is 0 Å². The number of carbonyl (C=O) groups excluding carboxylic acids is 1. The first-order chi connectivity index (χ1) is 13.0. The average Bonchev–Trinajstić information content (AvgIpc) is 2.59. The van der Waals surface area contributed by atoms with Gasteiger partial charge in [0.15, 0.2) is 0 Å². The standard InChI is InChI=1S/C18H19F3N2O4S/c1-3-13-4-8-15(9-5-13)23(28(2,25)26)12-17(24)22-14-6-10-16(11-7-14)27-18(19,20)21/h4-11H,3,12H2,1-2H3,(H,22,24). The van der Waals surface area contributed by atoms with E-state index in [1.54, 1.807) is 24.3 Å². The third kappa shape index (κ3) is 6.45. The molecule has 152 valence electrons. The quantitative estimate of drug-likeness (QED) is 0.749. The van der Waals surface area contributed by atoms with E-state index in [1.807, 2.05) is 6.92 Å². The molecule has 1 amide bonds. The third-order valence-electron chi connectivity index (χ3n) is 3.69. The van der Waals surface area contributed by atoms with Crippen molar-refractivity contribution in [3.63, 3.8) is 0 Å². The first-order valence-electron chi connectivity index (χ1n) is 8.20. The van der Waals surface area contributed by atoms with Crippen LogP contribution in [-0.2, 0) is 21.2 Å². The van der Waals surface area contributed by atoms with Gasteiger partial charge in [0.1, 0.15) is 12.3 Å². The highest BCUT2D eigenvalue weighted by Gasteiger charge is 2.31. The van der Waals surface area contributed by atoms with Crippen molar-refractivity contribution in [3.8, 4) is 5.75 Å². The summed E-state index contributed by atoms with van der Waals surface area (Å²) in [4.78, 5) is 12.3. The Hall–Kier alpha value is -2.75. The van der Waals surface area contributed by atoms with Crippen molar-refractivity contribution < 1.29 is 31.1 Å². The summed E-state index contributed by atoms with van der Waals surface area (Å²) in [6, 6.07) is 11.3. The highest BCUT2D eigenvalue weighted by molar-refractivity contribution is 7.92. The number of aryl methyl sites for hydroxylation is 1. The number of amides is 1. The molecule has 2 aromatic carbocycles. The summed E-state index contributed by atoms with van der Waals surface area (Å²) in [6.07, 6.45) is -3.04. The van der Waals surface area contributed by atoms with Crippen molar-refractivity contribution in [1.29, 1.82) is 0 Å². The molecule has 0 atom stereocenters. The van der Waals surface area contributed by atoms with Gasteiger partial charge in [-0.1, -0.05) is 19.1 Å². The van der Waals surface area contributed by atoms with Crippen molar-refractivity contribution in [3.05, 3.63) is 54.1 Å². The zero-order valence-corrected chi connectivity index (χ0v) is 16.0. The molecule has 0 aliphatic heterocycles. The number of halogens is 3. The molecule has 0 bridgehead atoms. The smallest absolute Gasteiger partial charge is 0.406 e. The Kier molecular flexibility index (Phi) is 6.55. The van der Waals surface area contributed by atoms with Crippen molar-refractivity contribution in [2.45, 2.75) is 19.7 Å². The SMILES string of the molecule is CCc1ccc(N(CC(=O)Nc2ccc(OC(F)(F)F)cc2)S(C)(=O)=O)cc1. The largest absolute Gasteiger partial charge is 0.573 e. The Balaban J connectivity index is 2.09. The molecule has 0 aliphatic carbocycles. The summed E-state index contributed by atoms with van der Waals surface area (Å²) in [5.74, 6) is -1.08. The summed E-state index contributed by atoms with van der Waals surface area (Å²) >= 11 is 0. The van der Waals surface area contributed by atoms with E-state index >= 15 is 0 Å². The van der Waals surface area contributed by atoms with Crippen LogP contribution in [-0.4, -0.2) is 33.5 Å². The van der Waals surface area contributed by atoms with Gasteiger partial charge in [0.2, 0.25) is 15.9 Å². The summed E-state index contributed by atoms with van der Waals surface area (Å²) in [6.45, 7) is 1.48. The zero-order valence-electron chi connectivity index (χ0n) is 15.2. The third-order valence-corrected chi connectivity index (χ3v) is 4.83. The monoisotopic (exact) mass is 416 g/mol. The number of nitrogens with one attached hydrogen (secondary N) is 1. The second kappa shape index (κ2) is 8.51. The highest BCUT2D eigenvalue weighted by Crippen LogP contribution is 2.24. The van der Waals surface area contributed by atoms with Gasteiger partial charge >= 0.3 is 6.36 Å². The average molecular weight is 416 g/mol. The van der Waals surface area contributed by atoms with Gasteiger partial charge in [-0.25, -0.2) is 8.42 Å². The number of alkyl halides is 3. The highest BCUT2D eigenvalue weighted by atomic mass is 32.2. The molecule has 0 aliphatic rings. The molecule has 0 radical (unpaired) electrons. The maximum Gasteiger partial charge on any atom is 0.573 e. The van der Waals surface area contributed by atoms with Gasteiger partial charge in [0, 0.05) is 5.69 Å². The predicted octanol–water partition coefficient (Wildman–Crippen LogP) is 3.55. The number of hydrogen-bond donors (Lipinski definition) is 1. The number of carbonyl (C=O) groups is 1. The van der Waals surface area contributed by atoms with Crippen LogP contribution < -0.4 is 14.4 Å². The van der Waals surface area contributed by atoms with Crippen LogP contribution in [0, 0.1) is 0 Å². The van der Waals surface area contributed by atoms with E-state index in [1.165, 1.54) is 12.1 Å². The van der Waals surface area contributed by atoms with Crippen molar-refractivity contribution in [1.82, 2.24) is 0 Å². The van der Waals surface area contributed by atoms with Gasteiger partial charge in [0.25, 0.3) is 0 Å². The van der Waals surface area contributed by atoms with Crippen LogP contribution in [0.2, 0.25) is 0 Å². The first-order valence-corrected chi connectivity index (χ1v) is 10.0. The molecule has 0 aromatic heterocycles. The first kappa shape index (κ1) is 21.5. The number of rotatable bonds is 7. The molecule has 28 heavy (non-hydrogen) atoms. The fourth-order valence-corrected chi connectivity index (χ4v) is 3.23. The molecular weight excluding hydrogens is 397 g/mol. The number of sulfonamides is 1. The topological polar surface area (TPSA) is 75.7 Å². The van der Waals surface area contributed by atoms with Gasteiger partial charge in [0.05, 0.1) is 11.9 Å². The van der Waals surface area contributed by atoms with Crippen LogP contribution in [0.15, 0.2) is 48.5 Å². The maximum absolute atomic E-state index is 12.3. The van der Waals surface area contributed by atoms with Crippen molar-refractivity contribution in [2.75, 3.05) is 22.4 Å². The molecule has 6 nitrogen and oxygen atoms in total. The molecule has 0 unspecified atom stereocenters. The number of benzene rings is 2. The molecule has 0 fully saturated rings. The Morgan fingerprint density at radius 1 is 1.07 bits per heavy atom. The molecule has 0 heterocycles. The maximum atomic E-state index is 12.3. The van der Waals surface area contributed by atoms with Crippen LogP contribution >= 0.6 is 0 Å². The minimum absolute atomic E-state index is 0.203. The molecule has 10 heteroatoms. The summed E-state index contributed by atoms with van der Waals surface area (Å²) in [5, 5.41) is 2.45.